The first-order valence-corrected chi connectivity index (χ1v) is 9.84. The number of rotatable bonds is 4. The number of nitrogens with zero attached hydrogens (tertiary/aromatic N) is 1. The summed E-state index contributed by atoms with van der Waals surface area (Å²) in [5, 5.41) is 4.27. The zero-order valence-electron chi connectivity index (χ0n) is 12.5. The van der Waals surface area contributed by atoms with Gasteiger partial charge in [-0.05, 0) is 30.0 Å². The topological polar surface area (TPSA) is 66.5 Å². The summed E-state index contributed by atoms with van der Waals surface area (Å²) in [6, 6.07) is 12.1. The fourth-order valence-electron chi connectivity index (χ4n) is 2.66. The third-order valence-electron chi connectivity index (χ3n) is 3.94. The predicted octanol–water partition coefficient (Wildman–Crippen LogP) is 2.51. The zero-order chi connectivity index (χ0) is 16.3. The molecule has 122 valence electrons. The normalized spacial score (nSPS) is 18.1. The Hall–Kier alpha value is -1.86. The average molecular weight is 350 g/mol. The first-order valence-electron chi connectivity index (χ1n) is 7.41. The van der Waals surface area contributed by atoms with Crippen LogP contribution >= 0.6 is 11.3 Å². The Balaban J connectivity index is 1.61. The summed E-state index contributed by atoms with van der Waals surface area (Å²) in [6.45, 7) is 1.18. The molecule has 1 saturated heterocycles. The van der Waals surface area contributed by atoms with Gasteiger partial charge < -0.3 is 10.2 Å². The van der Waals surface area contributed by atoms with E-state index in [2.05, 4.69) is 5.32 Å². The van der Waals surface area contributed by atoms with Gasteiger partial charge in [0.1, 0.15) is 0 Å². The van der Waals surface area contributed by atoms with Crippen molar-refractivity contribution < 1.29 is 13.2 Å². The van der Waals surface area contributed by atoms with Gasteiger partial charge in [0.2, 0.25) is 0 Å². The van der Waals surface area contributed by atoms with E-state index in [0.29, 0.717) is 24.4 Å². The summed E-state index contributed by atoms with van der Waals surface area (Å²) in [5.74, 6) is 0. The highest BCUT2D eigenvalue weighted by atomic mass is 32.2. The number of thiophene rings is 1. The van der Waals surface area contributed by atoms with Crippen LogP contribution in [0.15, 0.2) is 52.7 Å². The quantitative estimate of drug-likeness (QED) is 0.921. The zero-order valence-corrected chi connectivity index (χ0v) is 14.1. The summed E-state index contributed by atoms with van der Waals surface area (Å²) < 4.78 is 25.2. The Morgan fingerprint density at radius 2 is 2.00 bits per heavy atom. The summed E-state index contributed by atoms with van der Waals surface area (Å²) in [5.41, 5.74) is 0. The Bertz CT molecular complexity index is 758. The number of carbonyl (C=O) groups excluding carboxylic acids is 1. The molecule has 2 aromatic rings. The monoisotopic (exact) mass is 350 g/mol. The van der Waals surface area contributed by atoms with Crippen molar-refractivity contribution in [3.8, 4) is 0 Å². The molecule has 1 atom stereocenters. The maximum Gasteiger partial charge on any atom is 0.317 e. The lowest BCUT2D eigenvalue weighted by atomic mass is 10.4. The first kappa shape index (κ1) is 16.0. The smallest absolute Gasteiger partial charge is 0.317 e. The van der Waals surface area contributed by atoms with Crippen LogP contribution in [0, 0.1) is 0 Å². The minimum atomic E-state index is -3.38. The van der Waals surface area contributed by atoms with Gasteiger partial charge in [-0.1, -0.05) is 24.3 Å². The standard InChI is InChI=1S/C16H18N2O3S2/c19-16(17-11-13-5-4-10-22-13)18-9-8-15(12-18)23(20,21)14-6-2-1-3-7-14/h1-7,10,15H,8-9,11-12H2,(H,17,19)/t15-/m1/s1. The van der Waals surface area contributed by atoms with Crippen molar-refractivity contribution in [1.29, 1.82) is 0 Å². The number of benzene rings is 1. The molecular weight excluding hydrogens is 332 g/mol. The highest BCUT2D eigenvalue weighted by Crippen LogP contribution is 2.23. The third kappa shape index (κ3) is 3.56. The summed E-state index contributed by atoms with van der Waals surface area (Å²) >= 11 is 1.58. The van der Waals surface area contributed by atoms with Crippen molar-refractivity contribution in [3.05, 3.63) is 52.7 Å². The molecule has 1 aliphatic rings. The highest BCUT2D eigenvalue weighted by molar-refractivity contribution is 7.92. The van der Waals surface area contributed by atoms with E-state index in [9.17, 15) is 13.2 Å². The van der Waals surface area contributed by atoms with Gasteiger partial charge in [0.25, 0.3) is 0 Å². The third-order valence-corrected chi connectivity index (χ3v) is 7.00. The molecule has 0 radical (unpaired) electrons. The van der Waals surface area contributed by atoms with Gasteiger partial charge in [0.05, 0.1) is 16.7 Å². The molecule has 0 spiro atoms. The van der Waals surface area contributed by atoms with Crippen LogP contribution < -0.4 is 5.32 Å². The van der Waals surface area contributed by atoms with Crippen LogP contribution in [0.5, 0.6) is 0 Å². The van der Waals surface area contributed by atoms with Crippen LogP contribution in [-0.4, -0.2) is 37.7 Å². The van der Waals surface area contributed by atoms with E-state index in [1.165, 1.54) is 0 Å². The summed E-state index contributed by atoms with van der Waals surface area (Å²) in [6.07, 6.45) is 0.476. The van der Waals surface area contributed by atoms with Gasteiger partial charge in [-0.15, -0.1) is 11.3 Å². The number of urea groups is 1. The number of hydrogen-bond donors (Lipinski definition) is 1. The predicted molar refractivity (Wildman–Crippen MR) is 90.2 cm³/mol. The van der Waals surface area contributed by atoms with Crippen LogP contribution in [-0.2, 0) is 16.4 Å². The molecule has 2 heterocycles. The summed E-state index contributed by atoms with van der Waals surface area (Å²) in [4.78, 5) is 15.2. The van der Waals surface area contributed by atoms with Gasteiger partial charge in [-0.25, -0.2) is 13.2 Å². The molecule has 1 aromatic heterocycles. The summed E-state index contributed by atoms with van der Waals surface area (Å²) in [7, 11) is -3.38. The molecule has 1 aromatic carbocycles. The number of likely N-dealkylation sites (tertiary alicyclic amines) is 1. The lowest BCUT2D eigenvalue weighted by molar-refractivity contribution is 0.208. The van der Waals surface area contributed by atoms with Gasteiger partial charge >= 0.3 is 6.03 Å². The van der Waals surface area contributed by atoms with Crippen LogP contribution in [0.1, 0.15) is 11.3 Å². The van der Waals surface area contributed by atoms with Crippen molar-refractivity contribution in [1.82, 2.24) is 10.2 Å². The Kier molecular flexibility index (Phi) is 4.68. The second-order valence-corrected chi connectivity index (χ2v) is 8.71. The van der Waals surface area contributed by atoms with E-state index < -0.39 is 15.1 Å². The fourth-order valence-corrected chi connectivity index (χ4v) is 5.01. The Labute approximate surface area is 139 Å². The van der Waals surface area contributed by atoms with E-state index in [-0.39, 0.29) is 12.6 Å². The lowest BCUT2D eigenvalue weighted by Crippen LogP contribution is -2.39. The largest absolute Gasteiger partial charge is 0.333 e. The van der Waals surface area contributed by atoms with E-state index in [4.69, 9.17) is 0 Å². The van der Waals surface area contributed by atoms with E-state index in [1.807, 2.05) is 17.5 Å². The molecule has 0 aliphatic carbocycles. The van der Waals surface area contributed by atoms with Gasteiger partial charge in [0.15, 0.2) is 9.84 Å². The average Bonchev–Trinajstić information content (AvgIpc) is 3.25. The van der Waals surface area contributed by atoms with Crippen LogP contribution in [0.25, 0.3) is 0 Å². The number of amides is 2. The maximum atomic E-state index is 12.6. The lowest BCUT2D eigenvalue weighted by Gasteiger charge is -2.17. The van der Waals surface area contributed by atoms with Gasteiger partial charge in [0, 0.05) is 18.0 Å². The van der Waals surface area contributed by atoms with Crippen molar-refractivity contribution >= 4 is 27.2 Å². The second-order valence-electron chi connectivity index (χ2n) is 5.45. The minimum absolute atomic E-state index is 0.204. The molecule has 1 N–H and O–H groups in total. The number of hydrogen-bond acceptors (Lipinski definition) is 4. The SMILES string of the molecule is O=C(NCc1cccs1)N1CC[C@@H](S(=O)(=O)c2ccccc2)C1. The minimum Gasteiger partial charge on any atom is -0.333 e. The molecule has 1 aliphatic heterocycles. The van der Waals surface area contributed by atoms with Crippen LogP contribution in [0.2, 0.25) is 0 Å². The fraction of sp³-hybridized carbons (Fsp3) is 0.312. The molecule has 1 fully saturated rings. The van der Waals surface area contributed by atoms with Crippen molar-refractivity contribution in [2.45, 2.75) is 23.1 Å². The van der Waals surface area contributed by atoms with Crippen molar-refractivity contribution in [3.63, 3.8) is 0 Å². The molecule has 2 amide bonds. The Morgan fingerprint density at radius 1 is 1.22 bits per heavy atom. The molecule has 0 bridgehead atoms. The Morgan fingerprint density at radius 3 is 2.70 bits per heavy atom. The number of carbonyl (C=O) groups is 1. The van der Waals surface area contributed by atoms with E-state index >= 15 is 0 Å². The van der Waals surface area contributed by atoms with E-state index in [1.54, 1.807) is 46.6 Å². The number of nitrogens with one attached hydrogen (secondary N) is 1. The molecular formula is C16H18N2O3S2. The molecule has 0 saturated carbocycles. The maximum absolute atomic E-state index is 12.6. The molecule has 5 nitrogen and oxygen atoms in total. The first-order chi connectivity index (χ1) is 11.1. The molecule has 7 heteroatoms. The van der Waals surface area contributed by atoms with Crippen LogP contribution in [0.4, 0.5) is 4.79 Å². The molecule has 23 heavy (non-hydrogen) atoms. The second kappa shape index (κ2) is 6.72. The van der Waals surface area contributed by atoms with Crippen LogP contribution in [0.3, 0.4) is 0 Å². The number of sulfone groups is 1. The highest BCUT2D eigenvalue weighted by Gasteiger charge is 2.35. The van der Waals surface area contributed by atoms with Gasteiger partial charge in [-0.2, -0.15) is 0 Å². The van der Waals surface area contributed by atoms with E-state index in [0.717, 1.165) is 4.88 Å². The van der Waals surface area contributed by atoms with Crippen molar-refractivity contribution in [2.75, 3.05) is 13.1 Å². The van der Waals surface area contributed by atoms with Gasteiger partial charge in [-0.3, -0.25) is 0 Å². The molecule has 0 unspecified atom stereocenters. The molecule has 3 rings (SSSR count). The van der Waals surface area contributed by atoms with Crippen molar-refractivity contribution in [2.24, 2.45) is 0 Å².